The van der Waals surface area contributed by atoms with Gasteiger partial charge in [0.1, 0.15) is 5.69 Å². The van der Waals surface area contributed by atoms with Gasteiger partial charge in [-0.15, -0.1) is 0 Å². The number of carbonyl (C=O) groups is 1. The lowest BCUT2D eigenvalue weighted by Crippen LogP contribution is -2.28. The van der Waals surface area contributed by atoms with Crippen molar-refractivity contribution in [1.29, 1.82) is 0 Å². The third kappa shape index (κ3) is 3.48. The van der Waals surface area contributed by atoms with Crippen molar-refractivity contribution in [1.82, 2.24) is 19.8 Å². The Morgan fingerprint density at radius 3 is 2.78 bits per heavy atom. The zero-order valence-corrected chi connectivity index (χ0v) is 13.1. The smallest absolute Gasteiger partial charge is 0.292 e. The highest BCUT2D eigenvalue weighted by Crippen LogP contribution is 2.19. The van der Waals surface area contributed by atoms with Gasteiger partial charge in [-0.05, 0) is 12.0 Å². The van der Waals surface area contributed by atoms with Gasteiger partial charge in [-0.25, -0.2) is 0 Å². The first-order chi connectivity index (χ1) is 11.1. The first kappa shape index (κ1) is 15.0. The summed E-state index contributed by atoms with van der Waals surface area (Å²) < 4.78 is 6.95. The van der Waals surface area contributed by atoms with Crippen molar-refractivity contribution >= 4 is 5.91 Å². The number of benzene rings is 1. The fraction of sp³-hybridized carbons (Fsp3) is 0.235. The summed E-state index contributed by atoms with van der Waals surface area (Å²) in [6, 6.07) is 11.3. The van der Waals surface area contributed by atoms with Crippen molar-refractivity contribution in [3.05, 3.63) is 60.1 Å². The van der Waals surface area contributed by atoms with Crippen molar-refractivity contribution in [2.24, 2.45) is 7.05 Å². The minimum atomic E-state index is -0.177. The average Bonchev–Trinajstić information content (AvgIpc) is 3.22. The molecule has 0 aliphatic rings. The van der Waals surface area contributed by atoms with Gasteiger partial charge in [-0.1, -0.05) is 35.5 Å². The van der Waals surface area contributed by atoms with Crippen molar-refractivity contribution in [2.75, 3.05) is 13.6 Å². The fourth-order valence-corrected chi connectivity index (χ4v) is 2.31. The first-order valence-electron chi connectivity index (χ1n) is 7.38. The normalized spacial score (nSPS) is 10.7. The monoisotopic (exact) mass is 310 g/mol. The molecule has 0 aliphatic carbocycles. The Labute approximate surface area is 134 Å². The molecule has 0 unspecified atom stereocenters. The second kappa shape index (κ2) is 6.48. The summed E-state index contributed by atoms with van der Waals surface area (Å²) in [6.45, 7) is 0.589. The maximum absolute atomic E-state index is 12.4. The van der Waals surface area contributed by atoms with Gasteiger partial charge in [-0.2, -0.15) is 5.10 Å². The molecule has 0 aliphatic heterocycles. The molecular weight excluding hydrogens is 292 g/mol. The Morgan fingerprint density at radius 2 is 2.09 bits per heavy atom. The van der Waals surface area contributed by atoms with Crippen LogP contribution in [0.1, 0.15) is 16.1 Å². The van der Waals surface area contributed by atoms with Gasteiger partial charge in [-0.3, -0.25) is 9.48 Å². The molecular formula is C17H18N4O2. The van der Waals surface area contributed by atoms with Crippen LogP contribution in [0.15, 0.2) is 53.3 Å². The van der Waals surface area contributed by atoms with E-state index >= 15 is 0 Å². The van der Waals surface area contributed by atoms with E-state index in [4.69, 9.17) is 4.52 Å². The molecule has 0 fully saturated rings. The molecule has 0 radical (unpaired) electrons. The molecule has 0 saturated carbocycles. The van der Waals surface area contributed by atoms with Crippen molar-refractivity contribution in [2.45, 2.75) is 6.42 Å². The zero-order chi connectivity index (χ0) is 16.2. The van der Waals surface area contributed by atoms with E-state index < -0.39 is 0 Å². The highest BCUT2D eigenvalue weighted by atomic mass is 16.5. The van der Waals surface area contributed by atoms with E-state index in [-0.39, 0.29) is 11.7 Å². The van der Waals surface area contributed by atoms with Crippen LogP contribution in [0.4, 0.5) is 0 Å². The van der Waals surface area contributed by atoms with Gasteiger partial charge in [0.2, 0.25) is 5.76 Å². The van der Waals surface area contributed by atoms with E-state index in [1.165, 1.54) is 0 Å². The highest BCUT2D eigenvalue weighted by molar-refractivity contribution is 5.92. The van der Waals surface area contributed by atoms with E-state index in [2.05, 4.69) is 10.3 Å². The van der Waals surface area contributed by atoms with Gasteiger partial charge in [0.05, 0.1) is 6.20 Å². The number of nitrogens with zero attached hydrogens (tertiary/aromatic N) is 4. The number of carbonyl (C=O) groups excluding carboxylic acids is 1. The highest BCUT2D eigenvalue weighted by Gasteiger charge is 2.18. The summed E-state index contributed by atoms with van der Waals surface area (Å²) in [5, 5.41) is 8.09. The SMILES string of the molecule is CN(CCc1cnn(C)c1)C(=O)c1cc(-c2ccccc2)no1. The third-order valence-electron chi connectivity index (χ3n) is 3.63. The summed E-state index contributed by atoms with van der Waals surface area (Å²) in [5.74, 6) is 0.0705. The summed E-state index contributed by atoms with van der Waals surface area (Å²) in [6.07, 6.45) is 4.50. The second-order valence-corrected chi connectivity index (χ2v) is 5.44. The number of aromatic nitrogens is 3. The number of hydrogen-bond acceptors (Lipinski definition) is 4. The van der Waals surface area contributed by atoms with Crippen LogP contribution in [-0.4, -0.2) is 39.3 Å². The summed E-state index contributed by atoms with van der Waals surface area (Å²) in [4.78, 5) is 14.0. The standard InChI is InChI=1S/C17H18N4O2/c1-20(9-8-13-11-18-21(2)12-13)17(22)16-10-15(19-23-16)14-6-4-3-5-7-14/h3-7,10-12H,8-9H2,1-2H3. The van der Waals surface area contributed by atoms with Gasteiger partial charge >= 0.3 is 0 Å². The maximum atomic E-state index is 12.4. The Hall–Kier alpha value is -2.89. The molecule has 1 aromatic carbocycles. The van der Waals surface area contributed by atoms with Crippen LogP contribution in [0, 0.1) is 0 Å². The topological polar surface area (TPSA) is 64.2 Å². The van der Waals surface area contributed by atoms with Crippen LogP contribution in [-0.2, 0) is 13.5 Å². The molecule has 0 saturated heterocycles. The average molecular weight is 310 g/mol. The Balaban J connectivity index is 1.64. The predicted octanol–water partition coefficient (Wildman–Crippen LogP) is 2.39. The lowest BCUT2D eigenvalue weighted by atomic mass is 10.1. The zero-order valence-electron chi connectivity index (χ0n) is 13.1. The molecule has 118 valence electrons. The number of amides is 1. The predicted molar refractivity (Wildman–Crippen MR) is 85.8 cm³/mol. The van der Waals surface area contributed by atoms with E-state index in [0.29, 0.717) is 12.2 Å². The minimum Gasteiger partial charge on any atom is -0.350 e. The molecule has 0 atom stereocenters. The maximum Gasteiger partial charge on any atom is 0.292 e. The van der Waals surface area contributed by atoms with Crippen LogP contribution >= 0.6 is 0 Å². The van der Waals surface area contributed by atoms with E-state index in [1.54, 1.807) is 28.9 Å². The number of hydrogen-bond donors (Lipinski definition) is 0. The quantitative estimate of drug-likeness (QED) is 0.726. The molecule has 1 amide bonds. The van der Waals surface area contributed by atoms with Crippen LogP contribution < -0.4 is 0 Å². The van der Waals surface area contributed by atoms with Gasteiger partial charge < -0.3 is 9.42 Å². The molecule has 0 N–H and O–H groups in total. The number of rotatable bonds is 5. The molecule has 3 aromatic rings. The Kier molecular flexibility index (Phi) is 4.23. The molecule has 2 aromatic heterocycles. The Bertz CT molecular complexity index is 792. The van der Waals surface area contributed by atoms with Gasteiger partial charge in [0.25, 0.3) is 5.91 Å². The molecule has 23 heavy (non-hydrogen) atoms. The van der Waals surface area contributed by atoms with Crippen LogP contribution in [0.25, 0.3) is 11.3 Å². The first-order valence-corrected chi connectivity index (χ1v) is 7.38. The minimum absolute atomic E-state index is 0.177. The fourth-order valence-electron chi connectivity index (χ4n) is 2.31. The molecule has 3 rings (SSSR count). The van der Waals surface area contributed by atoms with Gasteiger partial charge in [0, 0.05) is 38.5 Å². The molecule has 0 spiro atoms. The van der Waals surface area contributed by atoms with Crippen molar-refractivity contribution in [3.63, 3.8) is 0 Å². The second-order valence-electron chi connectivity index (χ2n) is 5.44. The van der Waals surface area contributed by atoms with E-state index in [0.717, 1.165) is 17.5 Å². The summed E-state index contributed by atoms with van der Waals surface area (Å²) in [5.41, 5.74) is 2.68. The third-order valence-corrected chi connectivity index (χ3v) is 3.63. The lowest BCUT2D eigenvalue weighted by Gasteiger charge is -2.14. The van der Waals surface area contributed by atoms with Crippen molar-refractivity contribution in [3.8, 4) is 11.3 Å². The summed E-state index contributed by atoms with van der Waals surface area (Å²) in [7, 11) is 3.63. The molecule has 2 heterocycles. The van der Waals surface area contributed by atoms with Crippen molar-refractivity contribution < 1.29 is 9.32 Å². The van der Waals surface area contributed by atoms with Gasteiger partial charge in [0.15, 0.2) is 0 Å². The Morgan fingerprint density at radius 1 is 1.30 bits per heavy atom. The van der Waals surface area contributed by atoms with E-state index in [1.807, 2.05) is 43.6 Å². The lowest BCUT2D eigenvalue weighted by molar-refractivity contribution is 0.0755. The summed E-state index contributed by atoms with van der Waals surface area (Å²) >= 11 is 0. The van der Waals surface area contributed by atoms with E-state index in [9.17, 15) is 4.79 Å². The van der Waals surface area contributed by atoms with Crippen LogP contribution in [0.2, 0.25) is 0 Å². The molecule has 0 bridgehead atoms. The molecule has 6 nitrogen and oxygen atoms in total. The number of likely N-dealkylation sites (N-methyl/N-ethyl adjacent to an activating group) is 1. The largest absolute Gasteiger partial charge is 0.350 e. The van der Waals surface area contributed by atoms with Crippen LogP contribution in [0.3, 0.4) is 0 Å². The number of aryl methyl sites for hydroxylation is 1. The van der Waals surface area contributed by atoms with Crippen LogP contribution in [0.5, 0.6) is 0 Å². The molecule has 6 heteroatoms.